The van der Waals surface area contributed by atoms with Crippen molar-refractivity contribution in [3.8, 4) is 0 Å². The van der Waals surface area contributed by atoms with Crippen LogP contribution in [0.3, 0.4) is 0 Å². The third-order valence-corrected chi connectivity index (χ3v) is 3.19. The molecule has 19 heavy (non-hydrogen) atoms. The van der Waals surface area contributed by atoms with Gasteiger partial charge in [-0.1, -0.05) is 12.1 Å². The van der Waals surface area contributed by atoms with E-state index in [1.54, 1.807) is 12.1 Å². The lowest BCUT2D eigenvalue weighted by Gasteiger charge is -2.10. The molecule has 0 spiro atoms. The number of aliphatic hydroxyl groups excluding tert-OH is 1. The molecule has 1 unspecified atom stereocenters. The molecule has 1 aliphatic carbocycles. The van der Waals surface area contributed by atoms with Gasteiger partial charge in [-0.25, -0.2) is 0 Å². The molecule has 1 saturated carbocycles. The van der Waals surface area contributed by atoms with Crippen LogP contribution in [0.15, 0.2) is 24.3 Å². The number of nitro groups is 1. The molecule has 1 atom stereocenters. The van der Waals surface area contributed by atoms with Gasteiger partial charge in [0, 0.05) is 18.7 Å². The predicted molar refractivity (Wildman–Crippen MR) is 68.5 cm³/mol. The third-order valence-electron chi connectivity index (χ3n) is 3.19. The summed E-state index contributed by atoms with van der Waals surface area (Å²) in [5, 5.41) is 22.8. The second-order valence-corrected chi connectivity index (χ2v) is 4.81. The van der Waals surface area contributed by atoms with Gasteiger partial charge in [0.15, 0.2) is 0 Å². The van der Waals surface area contributed by atoms with Crippen molar-refractivity contribution in [2.75, 3.05) is 6.54 Å². The first kappa shape index (κ1) is 13.5. The molecule has 0 bridgehead atoms. The molecule has 0 aromatic heterocycles. The summed E-state index contributed by atoms with van der Waals surface area (Å²) >= 11 is 0. The summed E-state index contributed by atoms with van der Waals surface area (Å²) in [5.41, 5.74) is 0.720. The minimum atomic E-state index is -0.476. The SMILES string of the molecule is O=C(Cc1ccc([N+](=O)[O-])cc1)NCC(O)C1CC1. The van der Waals surface area contributed by atoms with Crippen molar-refractivity contribution in [1.29, 1.82) is 0 Å². The number of aliphatic hydroxyl groups is 1. The molecule has 1 aliphatic rings. The van der Waals surface area contributed by atoms with Crippen LogP contribution < -0.4 is 5.32 Å². The highest BCUT2D eigenvalue weighted by molar-refractivity contribution is 5.78. The van der Waals surface area contributed by atoms with Gasteiger partial charge in [-0.3, -0.25) is 14.9 Å². The fourth-order valence-electron chi connectivity index (χ4n) is 1.85. The van der Waals surface area contributed by atoms with Gasteiger partial charge in [0.25, 0.3) is 5.69 Å². The molecule has 0 heterocycles. The van der Waals surface area contributed by atoms with E-state index < -0.39 is 11.0 Å². The Labute approximate surface area is 110 Å². The molecule has 1 aromatic rings. The average molecular weight is 264 g/mol. The Morgan fingerprint density at radius 1 is 1.42 bits per heavy atom. The average Bonchev–Trinajstić information content (AvgIpc) is 3.21. The second-order valence-electron chi connectivity index (χ2n) is 4.81. The Hall–Kier alpha value is -1.95. The van der Waals surface area contributed by atoms with E-state index in [1.807, 2.05) is 0 Å². The van der Waals surface area contributed by atoms with Crippen LogP contribution in [-0.4, -0.2) is 28.6 Å². The fourth-order valence-corrected chi connectivity index (χ4v) is 1.85. The molecular formula is C13H16N2O4. The fraction of sp³-hybridized carbons (Fsp3) is 0.462. The molecule has 0 radical (unpaired) electrons. The van der Waals surface area contributed by atoms with Crippen LogP contribution >= 0.6 is 0 Å². The first-order chi connectivity index (χ1) is 9.06. The van der Waals surface area contributed by atoms with Gasteiger partial charge in [-0.05, 0) is 24.3 Å². The summed E-state index contributed by atoms with van der Waals surface area (Å²) in [7, 11) is 0. The Kier molecular flexibility index (Phi) is 4.11. The van der Waals surface area contributed by atoms with E-state index in [9.17, 15) is 20.0 Å². The lowest BCUT2D eigenvalue weighted by atomic mass is 10.1. The summed E-state index contributed by atoms with van der Waals surface area (Å²) in [5.74, 6) is 0.147. The van der Waals surface area contributed by atoms with Gasteiger partial charge in [0.2, 0.25) is 5.91 Å². The maximum absolute atomic E-state index is 11.6. The zero-order valence-corrected chi connectivity index (χ0v) is 10.4. The molecule has 0 aliphatic heterocycles. The second kappa shape index (κ2) is 5.79. The van der Waals surface area contributed by atoms with Crippen molar-refractivity contribution >= 4 is 11.6 Å². The van der Waals surface area contributed by atoms with Gasteiger partial charge in [0.05, 0.1) is 17.4 Å². The van der Waals surface area contributed by atoms with Gasteiger partial charge < -0.3 is 10.4 Å². The van der Waals surface area contributed by atoms with Crippen molar-refractivity contribution in [2.45, 2.75) is 25.4 Å². The third kappa shape index (κ3) is 4.03. The first-order valence-electron chi connectivity index (χ1n) is 6.24. The van der Waals surface area contributed by atoms with E-state index in [2.05, 4.69) is 5.32 Å². The lowest BCUT2D eigenvalue weighted by molar-refractivity contribution is -0.384. The number of nitro benzene ring substituents is 1. The number of nitrogens with zero attached hydrogens (tertiary/aromatic N) is 1. The number of non-ortho nitro benzene ring substituents is 1. The quantitative estimate of drug-likeness (QED) is 0.592. The molecular weight excluding hydrogens is 248 g/mol. The molecule has 6 nitrogen and oxygen atoms in total. The highest BCUT2D eigenvalue weighted by Gasteiger charge is 2.29. The van der Waals surface area contributed by atoms with Crippen molar-refractivity contribution in [1.82, 2.24) is 5.32 Å². The molecule has 102 valence electrons. The van der Waals surface area contributed by atoms with Crippen LogP contribution in [0.2, 0.25) is 0 Å². The zero-order chi connectivity index (χ0) is 13.8. The number of hydrogen-bond donors (Lipinski definition) is 2. The number of benzene rings is 1. The van der Waals surface area contributed by atoms with Crippen molar-refractivity contribution in [3.05, 3.63) is 39.9 Å². The summed E-state index contributed by atoms with van der Waals surface area (Å²) in [6.07, 6.45) is 1.76. The monoisotopic (exact) mass is 264 g/mol. The van der Waals surface area contributed by atoms with Gasteiger partial charge >= 0.3 is 0 Å². The van der Waals surface area contributed by atoms with Crippen LogP contribution in [0.4, 0.5) is 5.69 Å². The van der Waals surface area contributed by atoms with Crippen LogP contribution in [0.1, 0.15) is 18.4 Å². The van der Waals surface area contributed by atoms with E-state index >= 15 is 0 Å². The topological polar surface area (TPSA) is 92.5 Å². The Balaban J connectivity index is 1.79. The van der Waals surface area contributed by atoms with E-state index in [4.69, 9.17) is 0 Å². The van der Waals surface area contributed by atoms with Crippen LogP contribution in [0.5, 0.6) is 0 Å². The Morgan fingerprint density at radius 3 is 2.58 bits per heavy atom. The van der Waals surface area contributed by atoms with Gasteiger partial charge in [0.1, 0.15) is 0 Å². The molecule has 2 rings (SSSR count). The van der Waals surface area contributed by atoms with E-state index in [1.165, 1.54) is 12.1 Å². The maximum Gasteiger partial charge on any atom is 0.269 e. The van der Waals surface area contributed by atoms with Gasteiger partial charge in [-0.15, -0.1) is 0 Å². The minimum Gasteiger partial charge on any atom is -0.391 e. The van der Waals surface area contributed by atoms with Crippen LogP contribution in [0, 0.1) is 16.0 Å². The number of rotatable bonds is 6. The highest BCUT2D eigenvalue weighted by Crippen LogP contribution is 2.32. The first-order valence-corrected chi connectivity index (χ1v) is 6.24. The zero-order valence-electron chi connectivity index (χ0n) is 10.4. The van der Waals surface area contributed by atoms with Crippen molar-refractivity contribution in [2.24, 2.45) is 5.92 Å². The number of nitrogens with one attached hydrogen (secondary N) is 1. The molecule has 1 aromatic carbocycles. The number of amides is 1. The summed E-state index contributed by atoms with van der Waals surface area (Å²) < 4.78 is 0. The summed E-state index contributed by atoms with van der Waals surface area (Å²) in [6.45, 7) is 0.274. The van der Waals surface area contributed by atoms with E-state index in [0.717, 1.165) is 12.8 Å². The van der Waals surface area contributed by atoms with Crippen LogP contribution in [0.25, 0.3) is 0 Å². The van der Waals surface area contributed by atoms with E-state index in [0.29, 0.717) is 11.5 Å². The molecule has 6 heteroatoms. The normalized spacial score (nSPS) is 15.8. The van der Waals surface area contributed by atoms with E-state index in [-0.39, 0.29) is 24.6 Å². The minimum absolute atomic E-state index is 0.00770. The number of carbonyl (C=O) groups is 1. The number of carbonyl (C=O) groups excluding carboxylic acids is 1. The molecule has 1 amide bonds. The molecule has 0 saturated heterocycles. The smallest absolute Gasteiger partial charge is 0.269 e. The summed E-state index contributed by atoms with van der Waals surface area (Å²) in [6, 6.07) is 5.88. The molecule has 1 fully saturated rings. The number of hydrogen-bond acceptors (Lipinski definition) is 4. The highest BCUT2D eigenvalue weighted by atomic mass is 16.6. The van der Waals surface area contributed by atoms with Crippen LogP contribution in [-0.2, 0) is 11.2 Å². The lowest BCUT2D eigenvalue weighted by Crippen LogP contribution is -2.34. The largest absolute Gasteiger partial charge is 0.391 e. The maximum atomic E-state index is 11.6. The predicted octanol–water partition coefficient (Wildman–Crippen LogP) is 1.02. The summed E-state index contributed by atoms with van der Waals surface area (Å²) in [4.78, 5) is 21.6. The van der Waals surface area contributed by atoms with Gasteiger partial charge in [-0.2, -0.15) is 0 Å². The standard InChI is InChI=1S/C13H16N2O4/c16-12(10-3-4-10)8-14-13(17)7-9-1-5-11(6-2-9)15(18)19/h1-2,5-6,10,12,16H,3-4,7-8H2,(H,14,17). The molecule has 2 N–H and O–H groups in total. The van der Waals surface area contributed by atoms with Crippen molar-refractivity contribution < 1.29 is 14.8 Å². The Morgan fingerprint density at radius 2 is 2.05 bits per heavy atom. The van der Waals surface area contributed by atoms with Crippen molar-refractivity contribution in [3.63, 3.8) is 0 Å². The Bertz CT molecular complexity index is 468.